The molecule has 0 aromatic heterocycles. The van der Waals surface area contributed by atoms with Gasteiger partial charge in [-0.15, -0.1) is 0 Å². The molecule has 0 N–H and O–H groups in total. The molecule has 2 heteroatoms. The van der Waals surface area contributed by atoms with Crippen molar-refractivity contribution in [3.05, 3.63) is 243 Å². The predicted octanol–water partition coefficient (Wildman–Crippen LogP) is 15.3. The maximum Gasteiger partial charge on any atom is 0.0463 e. The fourth-order valence-electron chi connectivity index (χ4n) is 7.38. The fourth-order valence-corrected chi connectivity index (χ4v) is 7.38. The van der Waals surface area contributed by atoms with E-state index in [2.05, 4.69) is 252 Å². The van der Waals surface area contributed by atoms with Crippen molar-refractivity contribution in [2.45, 2.75) is 0 Å². The second kappa shape index (κ2) is 15.9. The van der Waals surface area contributed by atoms with Crippen LogP contribution in [0.1, 0.15) is 0 Å². The molecule has 0 spiro atoms. The van der Waals surface area contributed by atoms with Crippen LogP contribution in [0.2, 0.25) is 0 Å². The molecule has 56 heavy (non-hydrogen) atoms. The summed E-state index contributed by atoms with van der Waals surface area (Å²) in [7, 11) is 0. The van der Waals surface area contributed by atoms with E-state index in [4.69, 9.17) is 0 Å². The zero-order valence-electron chi connectivity index (χ0n) is 31.0. The molecule has 0 radical (unpaired) electrons. The lowest BCUT2D eigenvalue weighted by Crippen LogP contribution is -2.12. The maximum atomic E-state index is 2.34. The summed E-state index contributed by atoms with van der Waals surface area (Å²) in [5.74, 6) is 0. The van der Waals surface area contributed by atoms with Crippen molar-refractivity contribution in [3.8, 4) is 44.5 Å². The van der Waals surface area contributed by atoms with E-state index in [9.17, 15) is 0 Å². The normalized spacial score (nSPS) is 10.9. The van der Waals surface area contributed by atoms with E-state index in [0.29, 0.717) is 0 Å². The summed E-state index contributed by atoms with van der Waals surface area (Å²) in [6.07, 6.45) is 0. The molecule has 0 bridgehead atoms. The molecular weight excluding hydrogens is 677 g/mol. The Balaban J connectivity index is 1.06. The van der Waals surface area contributed by atoms with Crippen molar-refractivity contribution in [1.29, 1.82) is 0 Å². The highest BCUT2D eigenvalue weighted by atomic mass is 15.2. The highest BCUT2D eigenvalue weighted by Crippen LogP contribution is 2.40. The van der Waals surface area contributed by atoms with E-state index in [1.54, 1.807) is 0 Å². The summed E-state index contributed by atoms with van der Waals surface area (Å²) in [6, 6.07) is 86.5. The first-order valence-corrected chi connectivity index (χ1v) is 19.1. The molecule has 0 fully saturated rings. The van der Waals surface area contributed by atoms with Gasteiger partial charge in [-0.25, -0.2) is 0 Å². The minimum atomic E-state index is 1.08. The van der Waals surface area contributed by atoms with Crippen LogP contribution in [0, 0.1) is 0 Å². The minimum Gasteiger partial charge on any atom is -0.311 e. The highest BCUT2D eigenvalue weighted by molar-refractivity contribution is 5.83. The van der Waals surface area contributed by atoms with Crippen molar-refractivity contribution in [1.82, 2.24) is 0 Å². The quantitative estimate of drug-likeness (QED) is 0.139. The molecule has 9 rings (SSSR count). The Labute approximate surface area is 329 Å². The third-order valence-corrected chi connectivity index (χ3v) is 10.3. The van der Waals surface area contributed by atoms with Crippen molar-refractivity contribution in [2.24, 2.45) is 0 Å². The molecule has 0 aliphatic carbocycles. The Bertz CT molecular complexity index is 2600. The summed E-state index contributed by atoms with van der Waals surface area (Å²) in [5, 5.41) is 0. The lowest BCUT2D eigenvalue weighted by Gasteiger charge is -2.28. The summed E-state index contributed by atoms with van der Waals surface area (Å²) in [5.41, 5.74) is 16.2. The largest absolute Gasteiger partial charge is 0.311 e. The van der Waals surface area contributed by atoms with Gasteiger partial charge in [0, 0.05) is 34.1 Å². The summed E-state index contributed by atoms with van der Waals surface area (Å²) >= 11 is 0. The Hall–Kier alpha value is -7.42. The number of para-hydroxylation sites is 1. The minimum absolute atomic E-state index is 1.08. The molecular formula is C54H40N2. The molecule has 0 aliphatic heterocycles. The van der Waals surface area contributed by atoms with Gasteiger partial charge in [0.05, 0.1) is 0 Å². The van der Waals surface area contributed by atoms with Crippen LogP contribution in [0.5, 0.6) is 0 Å². The Morgan fingerprint density at radius 3 is 0.554 bits per heavy atom. The topological polar surface area (TPSA) is 6.48 Å². The molecule has 9 aromatic carbocycles. The SMILES string of the molecule is c1ccc(-c2ccc(-c3ccc(N(c4ccc(-c5ccccc5)cc4)c4ccc(N(c5ccccc5)c5ccc(-c6ccccc6)cc5)cc4)cc3)cc2)cc1. The molecule has 0 aliphatic rings. The number of hydrogen-bond donors (Lipinski definition) is 0. The van der Waals surface area contributed by atoms with Gasteiger partial charge in [-0.05, 0) is 117 Å². The Morgan fingerprint density at radius 1 is 0.143 bits per heavy atom. The van der Waals surface area contributed by atoms with Gasteiger partial charge < -0.3 is 9.80 Å². The Morgan fingerprint density at radius 2 is 0.304 bits per heavy atom. The number of anilines is 6. The summed E-state index contributed by atoms with van der Waals surface area (Å²) < 4.78 is 0. The second-order valence-corrected chi connectivity index (χ2v) is 13.8. The van der Waals surface area contributed by atoms with E-state index in [1.165, 1.54) is 44.5 Å². The third kappa shape index (κ3) is 7.37. The van der Waals surface area contributed by atoms with Gasteiger partial charge >= 0.3 is 0 Å². The molecule has 0 saturated heterocycles. The van der Waals surface area contributed by atoms with Gasteiger partial charge in [0.15, 0.2) is 0 Å². The van der Waals surface area contributed by atoms with Crippen LogP contribution in [-0.2, 0) is 0 Å². The summed E-state index contributed by atoms with van der Waals surface area (Å²) in [4.78, 5) is 4.65. The van der Waals surface area contributed by atoms with E-state index in [0.717, 1.165) is 34.1 Å². The summed E-state index contributed by atoms with van der Waals surface area (Å²) in [6.45, 7) is 0. The second-order valence-electron chi connectivity index (χ2n) is 13.8. The number of rotatable bonds is 10. The molecule has 0 unspecified atom stereocenters. The first kappa shape index (κ1) is 34.4. The van der Waals surface area contributed by atoms with E-state index >= 15 is 0 Å². The standard InChI is InChI=1S/C54H40N2/c1-5-13-41(14-6-1)44-21-23-45(24-22-44)48-29-35-52(36-30-48)56(51-33-27-47(28-34-51)43-17-9-3-10-18-43)54-39-37-53(38-40-54)55(49-19-11-4-12-20-49)50-31-25-46(26-32-50)42-15-7-2-8-16-42/h1-40H. The lowest BCUT2D eigenvalue weighted by atomic mass is 10.00. The first-order chi connectivity index (χ1) is 27.8. The van der Waals surface area contributed by atoms with Crippen LogP contribution in [0.4, 0.5) is 34.1 Å². The predicted molar refractivity (Wildman–Crippen MR) is 238 cm³/mol. The lowest BCUT2D eigenvalue weighted by molar-refractivity contribution is 1.26. The van der Waals surface area contributed by atoms with E-state index < -0.39 is 0 Å². The van der Waals surface area contributed by atoms with Crippen LogP contribution in [0.3, 0.4) is 0 Å². The smallest absolute Gasteiger partial charge is 0.0463 e. The third-order valence-electron chi connectivity index (χ3n) is 10.3. The van der Waals surface area contributed by atoms with Crippen molar-refractivity contribution >= 4 is 34.1 Å². The van der Waals surface area contributed by atoms with Gasteiger partial charge in [-0.3, -0.25) is 0 Å². The van der Waals surface area contributed by atoms with Gasteiger partial charge in [0.25, 0.3) is 0 Å². The molecule has 266 valence electrons. The van der Waals surface area contributed by atoms with Gasteiger partial charge in [-0.2, -0.15) is 0 Å². The zero-order valence-corrected chi connectivity index (χ0v) is 31.0. The fraction of sp³-hybridized carbons (Fsp3) is 0. The average Bonchev–Trinajstić information content (AvgIpc) is 3.29. The van der Waals surface area contributed by atoms with E-state index in [1.807, 2.05) is 0 Å². The molecule has 2 nitrogen and oxygen atoms in total. The zero-order chi connectivity index (χ0) is 37.5. The van der Waals surface area contributed by atoms with Gasteiger partial charge in [0.2, 0.25) is 0 Å². The van der Waals surface area contributed by atoms with Crippen LogP contribution in [-0.4, -0.2) is 0 Å². The molecule has 9 aromatic rings. The Kier molecular flexibility index (Phi) is 9.75. The molecule has 0 amide bonds. The van der Waals surface area contributed by atoms with E-state index in [-0.39, 0.29) is 0 Å². The number of benzene rings is 9. The molecule has 0 atom stereocenters. The van der Waals surface area contributed by atoms with Gasteiger partial charge in [0.1, 0.15) is 0 Å². The van der Waals surface area contributed by atoms with Crippen LogP contribution in [0.15, 0.2) is 243 Å². The molecule has 0 heterocycles. The molecule has 0 saturated carbocycles. The van der Waals surface area contributed by atoms with Crippen molar-refractivity contribution in [2.75, 3.05) is 9.80 Å². The van der Waals surface area contributed by atoms with Crippen molar-refractivity contribution in [3.63, 3.8) is 0 Å². The number of hydrogen-bond acceptors (Lipinski definition) is 2. The van der Waals surface area contributed by atoms with Crippen molar-refractivity contribution < 1.29 is 0 Å². The first-order valence-electron chi connectivity index (χ1n) is 19.1. The van der Waals surface area contributed by atoms with Crippen LogP contribution < -0.4 is 9.80 Å². The maximum absolute atomic E-state index is 2.34. The number of nitrogens with zero attached hydrogens (tertiary/aromatic N) is 2. The average molecular weight is 717 g/mol. The highest BCUT2D eigenvalue weighted by Gasteiger charge is 2.17. The monoisotopic (exact) mass is 716 g/mol. The van der Waals surface area contributed by atoms with Crippen LogP contribution in [0.25, 0.3) is 44.5 Å². The van der Waals surface area contributed by atoms with Gasteiger partial charge in [-0.1, -0.05) is 170 Å². The van der Waals surface area contributed by atoms with Crippen LogP contribution >= 0.6 is 0 Å².